The number of pyridine rings is 1. The van der Waals surface area contributed by atoms with Crippen molar-refractivity contribution in [2.24, 2.45) is 0 Å². The number of hydrogen-bond acceptors (Lipinski definition) is 5. The van der Waals surface area contributed by atoms with Crippen LogP contribution in [-0.4, -0.2) is 39.5 Å². The predicted molar refractivity (Wildman–Crippen MR) is 135 cm³/mol. The second-order valence-corrected chi connectivity index (χ2v) is 9.69. The fraction of sp³-hybridized carbons (Fsp3) is 0.179. The molecule has 0 radical (unpaired) electrons. The molecule has 0 bridgehead atoms. The molecule has 4 aromatic rings. The SMILES string of the molecule is CS(=O)c1ccc(-c2ccc(OC3CN(Cc4cccc(Oc5ccccc5)c4)C3)cc2)cn1. The summed E-state index contributed by atoms with van der Waals surface area (Å²) in [6.07, 6.45) is 3.58. The van der Waals surface area contributed by atoms with Crippen LogP contribution in [0.1, 0.15) is 5.56 Å². The van der Waals surface area contributed by atoms with Gasteiger partial charge in [-0.05, 0) is 53.6 Å². The molecule has 1 aliphatic heterocycles. The molecule has 34 heavy (non-hydrogen) atoms. The molecule has 1 unspecified atom stereocenters. The Balaban J connectivity index is 1.11. The molecule has 6 heteroatoms. The number of para-hydroxylation sites is 1. The van der Waals surface area contributed by atoms with Crippen LogP contribution in [-0.2, 0) is 17.3 Å². The highest BCUT2D eigenvalue weighted by Crippen LogP contribution is 2.26. The molecule has 0 N–H and O–H groups in total. The second kappa shape index (κ2) is 10.2. The zero-order chi connectivity index (χ0) is 23.3. The Kier molecular flexibility index (Phi) is 6.70. The van der Waals surface area contributed by atoms with Crippen LogP contribution in [0.5, 0.6) is 17.2 Å². The van der Waals surface area contributed by atoms with Crippen molar-refractivity contribution in [3.8, 4) is 28.4 Å². The van der Waals surface area contributed by atoms with Crippen LogP contribution >= 0.6 is 0 Å². The lowest BCUT2D eigenvalue weighted by Gasteiger charge is -2.39. The van der Waals surface area contributed by atoms with Gasteiger partial charge in [0.1, 0.15) is 28.4 Å². The summed E-state index contributed by atoms with van der Waals surface area (Å²) in [5.41, 5.74) is 3.28. The van der Waals surface area contributed by atoms with Crippen molar-refractivity contribution in [3.63, 3.8) is 0 Å². The molecule has 1 aliphatic rings. The highest BCUT2D eigenvalue weighted by molar-refractivity contribution is 7.84. The number of benzene rings is 3. The quantitative estimate of drug-likeness (QED) is 0.338. The van der Waals surface area contributed by atoms with Gasteiger partial charge in [0.05, 0.1) is 10.8 Å². The van der Waals surface area contributed by atoms with Crippen molar-refractivity contribution in [3.05, 3.63) is 103 Å². The molecule has 1 aromatic heterocycles. The monoisotopic (exact) mass is 470 g/mol. The van der Waals surface area contributed by atoms with Gasteiger partial charge in [-0.2, -0.15) is 0 Å². The third-order valence-electron chi connectivity index (χ3n) is 5.73. The van der Waals surface area contributed by atoms with E-state index in [0.717, 1.165) is 48.0 Å². The Morgan fingerprint density at radius 1 is 0.853 bits per heavy atom. The van der Waals surface area contributed by atoms with Gasteiger partial charge in [0.15, 0.2) is 0 Å². The van der Waals surface area contributed by atoms with E-state index in [9.17, 15) is 4.21 Å². The first-order valence-electron chi connectivity index (χ1n) is 11.2. The normalized spacial score (nSPS) is 14.9. The Bertz CT molecular complexity index is 1260. The van der Waals surface area contributed by atoms with Gasteiger partial charge in [-0.25, -0.2) is 4.98 Å². The highest BCUT2D eigenvalue weighted by Gasteiger charge is 2.28. The first-order valence-corrected chi connectivity index (χ1v) is 12.8. The van der Waals surface area contributed by atoms with Gasteiger partial charge in [0.2, 0.25) is 0 Å². The molecule has 1 fully saturated rings. The van der Waals surface area contributed by atoms with E-state index in [1.54, 1.807) is 12.5 Å². The lowest BCUT2D eigenvalue weighted by Crippen LogP contribution is -2.53. The smallest absolute Gasteiger partial charge is 0.127 e. The van der Waals surface area contributed by atoms with E-state index in [2.05, 4.69) is 22.0 Å². The molecular weight excluding hydrogens is 444 g/mol. The molecule has 0 amide bonds. The Labute approximate surface area is 202 Å². The molecule has 172 valence electrons. The minimum atomic E-state index is -1.07. The lowest BCUT2D eigenvalue weighted by atomic mass is 10.1. The molecule has 2 heterocycles. The summed E-state index contributed by atoms with van der Waals surface area (Å²) in [5.74, 6) is 2.56. The van der Waals surface area contributed by atoms with Crippen molar-refractivity contribution < 1.29 is 13.7 Å². The molecule has 0 spiro atoms. The fourth-order valence-corrected chi connectivity index (χ4v) is 4.42. The van der Waals surface area contributed by atoms with Crippen LogP contribution in [0, 0.1) is 0 Å². The van der Waals surface area contributed by atoms with Crippen molar-refractivity contribution >= 4 is 10.8 Å². The molecule has 5 rings (SSSR count). The van der Waals surface area contributed by atoms with Gasteiger partial charge < -0.3 is 9.47 Å². The van der Waals surface area contributed by atoms with Crippen LogP contribution in [0.25, 0.3) is 11.1 Å². The van der Waals surface area contributed by atoms with Crippen LogP contribution < -0.4 is 9.47 Å². The average molecular weight is 471 g/mol. The maximum absolute atomic E-state index is 11.5. The lowest BCUT2D eigenvalue weighted by molar-refractivity contribution is 0.0145. The summed E-state index contributed by atoms with van der Waals surface area (Å²) in [7, 11) is -1.07. The van der Waals surface area contributed by atoms with Crippen molar-refractivity contribution in [1.82, 2.24) is 9.88 Å². The number of nitrogens with zero attached hydrogens (tertiary/aromatic N) is 2. The number of likely N-dealkylation sites (tertiary alicyclic amines) is 1. The topological polar surface area (TPSA) is 51.7 Å². The van der Waals surface area contributed by atoms with Crippen LogP contribution in [0.15, 0.2) is 102 Å². The third-order valence-corrected chi connectivity index (χ3v) is 6.56. The van der Waals surface area contributed by atoms with E-state index in [4.69, 9.17) is 9.47 Å². The summed E-state index contributed by atoms with van der Waals surface area (Å²) in [4.78, 5) is 6.64. The minimum Gasteiger partial charge on any atom is -0.488 e. The molecule has 1 atom stereocenters. The van der Waals surface area contributed by atoms with E-state index < -0.39 is 10.8 Å². The maximum atomic E-state index is 11.5. The standard InChI is InChI=1S/C28H26N2O3S/c1-34(31)28-15-12-23(17-29-28)22-10-13-25(14-11-22)33-27-19-30(20-27)18-21-6-5-9-26(16-21)32-24-7-3-2-4-8-24/h2-17,27H,18-20H2,1H3. The van der Waals surface area contributed by atoms with Gasteiger partial charge in [0, 0.05) is 37.7 Å². The Morgan fingerprint density at radius 2 is 1.59 bits per heavy atom. The maximum Gasteiger partial charge on any atom is 0.127 e. The minimum absolute atomic E-state index is 0.190. The zero-order valence-electron chi connectivity index (χ0n) is 19.0. The Morgan fingerprint density at radius 3 is 2.29 bits per heavy atom. The first kappa shape index (κ1) is 22.3. The van der Waals surface area contributed by atoms with E-state index in [1.807, 2.05) is 78.9 Å². The second-order valence-electron chi connectivity index (χ2n) is 8.36. The number of ether oxygens (including phenoxy) is 2. The van der Waals surface area contributed by atoms with Gasteiger partial charge in [-0.3, -0.25) is 9.11 Å². The summed E-state index contributed by atoms with van der Waals surface area (Å²) >= 11 is 0. The van der Waals surface area contributed by atoms with E-state index in [-0.39, 0.29) is 6.10 Å². The van der Waals surface area contributed by atoms with Gasteiger partial charge in [0.25, 0.3) is 0 Å². The zero-order valence-corrected chi connectivity index (χ0v) is 19.8. The Hall–Kier alpha value is -3.48. The van der Waals surface area contributed by atoms with Crippen molar-refractivity contribution in [2.75, 3.05) is 19.3 Å². The predicted octanol–water partition coefficient (Wildman–Crippen LogP) is 5.54. The van der Waals surface area contributed by atoms with E-state index >= 15 is 0 Å². The molecule has 3 aromatic carbocycles. The fourth-order valence-electron chi connectivity index (χ4n) is 3.96. The van der Waals surface area contributed by atoms with E-state index in [1.165, 1.54) is 5.56 Å². The summed E-state index contributed by atoms with van der Waals surface area (Å²) in [5, 5.41) is 0.591. The average Bonchev–Trinajstić information content (AvgIpc) is 2.84. The molecule has 5 nitrogen and oxygen atoms in total. The highest BCUT2D eigenvalue weighted by atomic mass is 32.2. The van der Waals surface area contributed by atoms with Crippen molar-refractivity contribution in [1.29, 1.82) is 0 Å². The largest absolute Gasteiger partial charge is 0.488 e. The third kappa shape index (κ3) is 5.53. The number of aromatic nitrogens is 1. The van der Waals surface area contributed by atoms with Crippen LogP contribution in [0.2, 0.25) is 0 Å². The van der Waals surface area contributed by atoms with Gasteiger partial charge in [-0.15, -0.1) is 0 Å². The molecule has 0 saturated carbocycles. The van der Waals surface area contributed by atoms with Gasteiger partial charge >= 0.3 is 0 Å². The summed E-state index contributed by atoms with van der Waals surface area (Å²) < 4.78 is 23.6. The van der Waals surface area contributed by atoms with Crippen molar-refractivity contribution in [2.45, 2.75) is 17.7 Å². The number of hydrogen-bond donors (Lipinski definition) is 0. The van der Waals surface area contributed by atoms with Crippen LogP contribution in [0.4, 0.5) is 0 Å². The molecule has 0 aliphatic carbocycles. The molecular formula is C28H26N2O3S. The summed E-state index contributed by atoms with van der Waals surface area (Å²) in [6, 6.07) is 29.9. The van der Waals surface area contributed by atoms with Crippen LogP contribution in [0.3, 0.4) is 0 Å². The van der Waals surface area contributed by atoms with Gasteiger partial charge in [-0.1, -0.05) is 48.5 Å². The summed E-state index contributed by atoms with van der Waals surface area (Å²) in [6.45, 7) is 2.66. The van der Waals surface area contributed by atoms with E-state index in [0.29, 0.717) is 5.03 Å². The molecule has 1 saturated heterocycles. The number of rotatable bonds is 8. The first-order chi connectivity index (χ1) is 16.6.